The molecule has 1 unspecified atom stereocenters. The fraction of sp³-hybridized carbons (Fsp3) is 0.875. The zero-order valence-corrected chi connectivity index (χ0v) is 13.5. The largest absolute Gasteiger partial charge is 0.444 e. The van der Waals surface area contributed by atoms with Crippen LogP contribution in [0.4, 0.5) is 4.79 Å². The standard InChI is InChI=1S/C16H28N2O3/c1-16(2,3)21-15(20)17-13-9-10-18(11-13)14(19)12-7-5-4-6-8-12/h12-13H,4-11H2,1-3H3,(H,17,20). The van der Waals surface area contributed by atoms with Crippen LogP contribution in [0.1, 0.15) is 59.3 Å². The number of likely N-dealkylation sites (tertiary alicyclic amines) is 1. The molecular formula is C16H28N2O3. The topological polar surface area (TPSA) is 58.6 Å². The van der Waals surface area contributed by atoms with E-state index in [9.17, 15) is 9.59 Å². The molecule has 1 N–H and O–H groups in total. The lowest BCUT2D eigenvalue weighted by Crippen LogP contribution is -2.42. The lowest BCUT2D eigenvalue weighted by Gasteiger charge is -2.26. The third-order valence-electron chi connectivity index (χ3n) is 4.18. The summed E-state index contributed by atoms with van der Waals surface area (Å²) in [6.07, 6.45) is 6.08. The van der Waals surface area contributed by atoms with Crippen LogP contribution in [0.15, 0.2) is 0 Å². The molecule has 21 heavy (non-hydrogen) atoms. The minimum Gasteiger partial charge on any atom is -0.444 e. The van der Waals surface area contributed by atoms with E-state index < -0.39 is 5.60 Å². The molecular weight excluding hydrogens is 268 g/mol. The van der Waals surface area contributed by atoms with Crippen molar-refractivity contribution in [2.24, 2.45) is 5.92 Å². The van der Waals surface area contributed by atoms with E-state index in [1.807, 2.05) is 25.7 Å². The highest BCUT2D eigenvalue weighted by molar-refractivity contribution is 5.79. The predicted octanol–water partition coefficient (Wildman–Crippen LogP) is 2.69. The maximum Gasteiger partial charge on any atom is 0.407 e. The molecule has 2 aliphatic rings. The molecule has 0 aromatic rings. The van der Waals surface area contributed by atoms with Crippen molar-refractivity contribution < 1.29 is 14.3 Å². The number of carbonyl (C=O) groups excluding carboxylic acids is 2. The highest BCUT2D eigenvalue weighted by Gasteiger charge is 2.32. The lowest BCUT2D eigenvalue weighted by atomic mass is 9.88. The Kier molecular flexibility index (Phi) is 5.12. The van der Waals surface area contributed by atoms with Crippen molar-refractivity contribution in [1.82, 2.24) is 10.2 Å². The van der Waals surface area contributed by atoms with Crippen LogP contribution in [0.2, 0.25) is 0 Å². The molecule has 1 heterocycles. The van der Waals surface area contributed by atoms with Crippen LogP contribution >= 0.6 is 0 Å². The summed E-state index contributed by atoms with van der Waals surface area (Å²) in [6.45, 7) is 6.91. The van der Waals surface area contributed by atoms with Crippen LogP contribution < -0.4 is 5.32 Å². The molecule has 2 fully saturated rings. The fourth-order valence-electron chi connectivity index (χ4n) is 3.16. The Bertz CT molecular complexity index is 383. The maximum absolute atomic E-state index is 12.4. The normalized spacial score (nSPS) is 24.0. The van der Waals surface area contributed by atoms with Crippen molar-refractivity contribution >= 4 is 12.0 Å². The van der Waals surface area contributed by atoms with Crippen molar-refractivity contribution in [2.45, 2.75) is 70.9 Å². The van der Waals surface area contributed by atoms with Gasteiger partial charge in [0.1, 0.15) is 5.60 Å². The summed E-state index contributed by atoms with van der Waals surface area (Å²) in [5, 5.41) is 2.87. The summed E-state index contributed by atoms with van der Waals surface area (Å²) >= 11 is 0. The number of nitrogens with zero attached hydrogens (tertiary/aromatic N) is 1. The van der Waals surface area contributed by atoms with Gasteiger partial charge in [0.05, 0.1) is 6.04 Å². The van der Waals surface area contributed by atoms with Gasteiger partial charge in [-0.05, 0) is 40.0 Å². The van der Waals surface area contributed by atoms with Gasteiger partial charge in [-0.1, -0.05) is 19.3 Å². The van der Waals surface area contributed by atoms with Gasteiger partial charge in [-0.3, -0.25) is 4.79 Å². The second kappa shape index (κ2) is 6.67. The quantitative estimate of drug-likeness (QED) is 0.852. The molecule has 1 aliphatic heterocycles. The first-order valence-corrected chi connectivity index (χ1v) is 8.13. The Hall–Kier alpha value is -1.26. The molecule has 0 bridgehead atoms. The third-order valence-corrected chi connectivity index (χ3v) is 4.18. The molecule has 1 saturated heterocycles. The highest BCUT2D eigenvalue weighted by atomic mass is 16.6. The fourth-order valence-corrected chi connectivity index (χ4v) is 3.16. The monoisotopic (exact) mass is 296 g/mol. The molecule has 2 rings (SSSR count). The molecule has 0 spiro atoms. The minimum atomic E-state index is -0.486. The molecule has 120 valence electrons. The number of alkyl carbamates (subject to hydrolysis) is 1. The summed E-state index contributed by atoms with van der Waals surface area (Å²) in [6, 6.07) is 0.0207. The van der Waals surface area contributed by atoms with E-state index in [2.05, 4.69) is 5.32 Å². The predicted molar refractivity (Wildman–Crippen MR) is 80.9 cm³/mol. The van der Waals surface area contributed by atoms with Gasteiger partial charge in [0.2, 0.25) is 5.91 Å². The second-order valence-electron chi connectivity index (χ2n) is 7.25. The Morgan fingerprint density at radius 1 is 1.10 bits per heavy atom. The van der Waals surface area contributed by atoms with Gasteiger partial charge in [0.25, 0.3) is 0 Å². The number of hydrogen-bond acceptors (Lipinski definition) is 3. The van der Waals surface area contributed by atoms with Crippen LogP contribution in [0.5, 0.6) is 0 Å². The number of carbonyl (C=O) groups is 2. The van der Waals surface area contributed by atoms with Gasteiger partial charge in [-0.25, -0.2) is 4.79 Å². The summed E-state index contributed by atoms with van der Waals surface area (Å²) in [4.78, 5) is 26.1. The van der Waals surface area contributed by atoms with E-state index in [1.54, 1.807) is 0 Å². The van der Waals surface area contributed by atoms with Gasteiger partial charge in [0, 0.05) is 19.0 Å². The Balaban J connectivity index is 1.77. The SMILES string of the molecule is CC(C)(C)OC(=O)NC1CCN(C(=O)C2CCCCC2)C1. The van der Waals surface area contributed by atoms with E-state index in [-0.39, 0.29) is 24.0 Å². The van der Waals surface area contributed by atoms with Gasteiger partial charge >= 0.3 is 6.09 Å². The smallest absolute Gasteiger partial charge is 0.407 e. The third kappa shape index (κ3) is 4.90. The van der Waals surface area contributed by atoms with E-state index >= 15 is 0 Å². The van der Waals surface area contributed by atoms with E-state index in [1.165, 1.54) is 19.3 Å². The zero-order chi connectivity index (χ0) is 15.5. The van der Waals surface area contributed by atoms with E-state index in [4.69, 9.17) is 4.74 Å². The number of amides is 2. The summed E-state index contributed by atoms with van der Waals surface area (Å²) in [7, 11) is 0. The number of hydrogen-bond donors (Lipinski definition) is 1. The molecule has 1 aliphatic carbocycles. The van der Waals surface area contributed by atoms with Crippen molar-refractivity contribution in [3.05, 3.63) is 0 Å². The van der Waals surface area contributed by atoms with Crippen LogP contribution in [0.25, 0.3) is 0 Å². The van der Waals surface area contributed by atoms with Gasteiger partial charge in [-0.2, -0.15) is 0 Å². The van der Waals surface area contributed by atoms with Crippen molar-refractivity contribution in [3.63, 3.8) is 0 Å². The summed E-state index contributed by atoms with van der Waals surface area (Å²) < 4.78 is 5.26. The lowest BCUT2D eigenvalue weighted by molar-refractivity contribution is -0.135. The summed E-state index contributed by atoms with van der Waals surface area (Å²) in [5.74, 6) is 0.488. The van der Waals surface area contributed by atoms with Crippen LogP contribution in [-0.2, 0) is 9.53 Å². The Morgan fingerprint density at radius 3 is 2.38 bits per heavy atom. The van der Waals surface area contributed by atoms with Crippen molar-refractivity contribution in [3.8, 4) is 0 Å². The molecule has 0 radical (unpaired) electrons. The Labute approximate surface area is 127 Å². The first kappa shape index (κ1) is 16.1. The summed E-state index contributed by atoms with van der Waals surface area (Å²) in [5.41, 5.74) is -0.486. The molecule has 0 aromatic carbocycles. The first-order valence-electron chi connectivity index (χ1n) is 8.13. The minimum absolute atomic E-state index is 0.0207. The van der Waals surface area contributed by atoms with Crippen LogP contribution in [0, 0.1) is 5.92 Å². The molecule has 0 aromatic heterocycles. The average Bonchev–Trinajstić information content (AvgIpc) is 2.85. The Morgan fingerprint density at radius 2 is 1.76 bits per heavy atom. The van der Waals surface area contributed by atoms with Crippen molar-refractivity contribution in [2.75, 3.05) is 13.1 Å². The second-order valence-corrected chi connectivity index (χ2v) is 7.25. The van der Waals surface area contributed by atoms with Gasteiger partial charge in [-0.15, -0.1) is 0 Å². The molecule has 2 amide bonds. The molecule has 5 nitrogen and oxygen atoms in total. The van der Waals surface area contributed by atoms with Gasteiger partial charge in [0.15, 0.2) is 0 Å². The van der Waals surface area contributed by atoms with Gasteiger partial charge < -0.3 is 15.0 Å². The van der Waals surface area contributed by atoms with E-state index in [0.717, 1.165) is 25.8 Å². The number of rotatable bonds is 2. The average molecular weight is 296 g/mol. The zero-order valence-electron chi connectivity index (χ0n) is 13.5. The molecule has 1 atom stereocenters. The van der Waals surface area contributed by atoms with Crippen molar-refractivity contribution in [1.29, 1.82) is 0 Å². The van der Waals surface area contributed by atoms with Crippen LogP contribution in [-0.4, -0.2) is 41.6 Å². The maximum atomic E-state index is 12.4. The number of nitrogens with one attached hydrogen (secondary N) is 1. The highest BCUT2D eigenvalue weighted by Crippen LogP contribution is 2.26. The first-order chi connectivity index (χ1) is 9.85. The van der Waals surface area contributed by atoms with Crippen LogP contribution in [0.3, 0.4) is 0 Å². The number of ether oxygens (including phenoxy) is 1. The molecule has 5 heteroatoms. The molecule has 1 saturated carbocycles. The van der Waals surface area contributed by atoms with E-state index in [0.29, 0.717) is 6.54 Å².